The van der Waals surface area contributed by atoms with E-state index in [2.05, 4.69) is 10.4 Å². The van der Waals surface area contributed by atoms with Gasteiger partial charge < -0.3 is 10.2 Å². The number of nitrogens with one attached hydrogen (secondary N) is 1. The number of halogens is 2. The largest absolute Gasteiger partial charge is 0.333 e. The summed E-state index contributed by atoms with van der Waals surface area (Å²) in [6, 6.07) is 5.82. The minimum absolute atomic E-state index is 0.0424. The van der Waals surface area contributed by atoms with Crippen LogP contribution < -0.4 is 5.32 Å². The van der Waals surface area contributed by atoms with Gasteiger partial charge in [-0.25, -0.2) is 0 Å². The van der Waals surface area contributed by atoms with E-state index in [1.807, 2.05) is 27.9 Å². The van der Waals surface area contributed by atoms with E-state index in [4.69, 9.17) is 23.2 Å². The number of nitrogens with zero attached hydrogens (tertiary/aromatic N) is 3. The highest BCUT2D eigenvalue weighted by Gasteiger charge is 2.26. The predicted octanol–water partition coefficient (Wildman–Crippen LogP) is 3.31. The van der Waals surface area contributed by atoms with E-state index in [1.54, 1.807) is 6.07 Å². The molecule has 0 aliphatic carbocycles. The first kappa shape index (κ1) is 16.9. The Bertz CT molecular complexity index is 798. The fourth-order valence-electron chi connectivity index (χ4n) is 3.63. The van der Waals surface area contributed by atoms with Crippen molar-refractivity contribution in [3.63, 3.8) is 0 Å². The molecule has 2 aliphatic rings. The summed E-state index contributed by atoms with van der Waals surface area (Å²) in [5.74, 6) is -0.0424. The molecule has 25 heavy (non-hydrogen) atoms. The fourth-order valence-corrected chi connectivity index (χ4v) is 4.23. The molecular formula is C18H20Cl2N4O. The van der Waals surface area contributed by atoms with Crippen molar-refractivity contribution in [3.8, 4) is 0 Å². The van der Waals surface area contributed by atoms with E-state index in [0.29, 0.717) is 34.9 Å². The molecule has 3 heterocycles. The van der Waals surface area contributed by atoms with Crippen molar-refractivity contribution in [2.24, 2.45) is 0 Å². The van der Waals surface area contributed by atoms with Crippen molar-refractivity contribution < 1.29 is 4.79 Å². The van der Waals surface area contributed by atoms with Gasteiger partial charge in [-0.2, -0.15) is 5.10 Å². The lowest BCUT2D eigenvalue weighted by Gasteiger charge is -2.29. The van der Waals surface area contributed by atoms with Crippen molar-refractivity contribution in [1.29, 1.82) is 0 Å². The minimum atomic E-state index is -0.0424. The topological polar surface area (TPSA) is 50.2 Å². The molecule has 1 fully saturated rings. The predicted molar refractivity (Wildman–Crippen MR) is 98.3 cm³/mol. The van der Waals surface area contributed by atoms with Crippen LogP contribution in [0.1, 0.15) is 40.5 Å². The molecule has 1 aromatic carbocycles. The van der Waals surface area contributed by atoms with Crippen LogP contribution in [0, 0.1) is 0 Å². The molecule has 1 aromatic heterocycles. The van der Waals surface area contributed by atoms with E-state index >= 15 is 0 Å². The molecule has 2 aliphatic heterocycles. The van der Waals surface area contributed by atoms with E-state index in [-0.39, 0.29) is 5.91 Å². The lowest BCUT2D eigenvalue weighted by molar-refractivity contribution is 0.0727. The number of amides is 1. The molecule has 0 saturated carbocycles. The lowest BCUT2D eigenvalue weighted by atomic mass is 9.99. The average Bonchev–Trinajstić information content (AvgIpc) is 3.11. The summed E-state index contributed by atoms with van der Waals surface area (Å²) in [5.41, 5.74) is 2.61. The number of hydrogen-bond donors (Lipinski definition) is 1. The first-order valence-corrected chi connectivity index (χ1v) is 9.39. The third-order valence-electron chi connectivity index (χ3n) is 5.01. The van der Waals surface area contributed by atoms with Gasteiger partial charge in [0.2, 0.25) is 0 Å². The fraction of sp³-hybridized carbons (Fsp3) is 0.444. The highest BCUT2D eigenvalue weighted by atomic mass is 35.5. The van der Waals surface area contributed by atoms with Crippen molar-refractivity contribution in [1.82, 2.24) is 20.0 Å². The molecular weight excluding hydrogens is 359 g/mol. The highest BCUT2D eigenvalue weighted by molar-refractivity contribution is 6.35. The molecule has 1 saturated heterocycles. The maximum absolute atomic E-state index is 12.8. The Kier molecular flexibility index (Phi) is 4.71. The molecule has 2 aromatic rings. The van der Waals surface area contributed by atoms with Gasteiger partial charge >= 0.3 is 0 Å². The SMILES string of the molecule is O=C(c1ccn(C2CCCNC2)n1)N1CCc2cc(Cl)cc(Cl)c2C1. The van der Waals surface area contributed by atoms with Crippen LogP contribution in [0.15, 0.2) is 24.4 Å². The number of rotatable bonds is 2. The number of piperidine rings is 1. The molecule has 7 heteroatoms. The zero-order valence-electron chi connectivity index (χ0n) is 13.8. The van der Waals surface area contributed by atoms with Crippen LogP contribution in [0.25, 0.3) is 0 Å². The van der Waals surface area contributed by atoms with Gasteiger partial charge in [0.25, 0.3) is 5.91 Å². The van der Waals surface area contributed by atoms with Crippen LogP contribution in [0.4, 0.5) is 0 Å². The summed E-state index contributed by atoms with van der Waals surface area (Å²) in [5, 5.41) is 9.17. The molecule has 1 amide bonds. The second-order valence-corrected chi connectivity index (χ2v) is 7.53. The van der Waals surface area contributed by atoms with Gasteiger partial charge in [-0.05, 0) is 55.1 Å². The molecule has 0 spiro atoms. The van der Waals surface area contributed by atoms with Crippen LogP contribution in [-0.2, 0) is 13.0 Å². The van der Waals surface area contributed by atoms with Gasteiger partial charge in [-0.15, -0.1) is 0 Å². The third-order valence-corrected chi connectivity index (χ3v) is 5.57. The number of aromatic nitrogens is 2. The van der Waals surface area contributed by atoms with Crippen LogP contribution in [0.3, 0.4) is 0 Å². The molecule has 0 bridgehead atoms. The van der Waals surface area contributed by atoms with Crippen molar-refractivity contribution >= 4 is 29.1 Å². The Labute approximate surface area is 156 Å². The standard InChI is InChI=1S/C18H20Cl2N4O/c19-13-8-12-3-6-23(11-15(12)16(20)9-13)18(25)17-4-7-24(22-17)14-2-1-5-21-10-14/h4,7-9,14,21H,1-3,5-6,10-11H2. The van der Waals surface area contributed by atoms with Crippen LogP contribution in [0.5, 0.6) is 0 Å². The van der Waals surface area contributed by atoms with E-state index < -0.39 is 0 Å². The lowest BCUT2D eigenvalue weighted by Crippen LogP contribution is -2.36. The summed E-state index contributed by atoms with van der Waals surface area (Å²) in [6.45, 7) is 3.12. The van der Waals surface area contributed by atoms with E-state index in [0.717, 1.165) is 43.5 Å². The zero-order valence-corrected chi connectivity index (χ0v) is 15.4. The Morgan fingerprint density at radius 2 is 2.20 bits per heavy atom. The number of fused-ring (bicyclic) bond motifs is 1. The van der Waals surface area contributed by atoms with Crippen molar-refractivity contribution in [2.45, 2.75) is 31.8 Å². The normalized spacial score (nSPS) is 20.4. The van der Waals surface area contributed by atoms with Gasteiger partial charge in [0.1, 0.15) is 5.69 Å². The van der Waals surface area contributed by atoms with Gasteiger partial charge in [0.05, 0.1) is 6.04 Å². The average molecular weight is 379 g/mol. The molecule has 132 valence electrons. The zero-order chi connectivity index (χ0) is 17.4. The van der Waals surface area contributed by atoms with Gasteiger partial charge in [-0.1, -0.05) is 23.2 Å². The summed E-state index contributed by atoms with van der Waals surface area (Å²) in [4.78, 5) is 14.7. The van der Waals surface area contributed by atoms with E-state index in [9.17, 15) is 4.79 Å². The van der Waals surface area contributed by atoms with Gasteiger partial charge in [-0.3, -0.25) is 9.48 Å². The van der Waals surface area contributed by atoms with Crippen LogP contribution >= 0.6 is 23.2 Å². The second-order valence-electron chi connectivity index (χ2n) is 6.68. The molecule has 1 N–H and O–H groups in total. The molecule has 5 nitrogen and oxygen atoms in total. The Balaban J connectivity index is 1.51. The van der Waals surface area contributed by atoms with Crippen molar-refractivity contribution in [2.75, 3.05) is 19.6 Å². The number of hydrogen-bond acceptors (Lipinski definition) is 3. The van der Waals surface area contributed by atoms with Crippen LogP contribution in [0.2, 0.25) is 10.0 Å². The Hall–Kier alpha value is -1.56. The highest BCUT2D eigenvalue weighted by Crippen LogP contribution is 2.30. The number of carbonyl (C=O) groups excluding carboxylic acids is 1. The first-order valence-electron chi connectivity index (χ1n) is 8.64. The summed E-state index contributed by atoms with van der Waals surface area (Å²) < 4.78 is 1.92. The monoisotopic (exact) mass is 378 g/mol. The molecule has 0 radical (unpaired) electrons. The quantitative estimate of drug-likeness (QED) is 0.871. The maximum Gasteiger partial charge on any atom is 0.274 e. The third kappa shape index (κ3) is 3.41. The first-order chi connectivity index (χ1) is 12.1. The Morgan fingerprint density at radius 3 is 3.00 bits per heavy atom. The molecule has 4 rings (SSSR count). The minimum Gasteiger partial charge on any atom is -0.333 e. The summed E-state index contributed by atoms with van der Waals surface area (Å²) >= 11 is 12.4. The van der Waals surface area contributed by atoms with Crippen molar-refractivity contribution in [3.05, 3.63) is 51.3 Å². The van der Waals surface area contributed by atoms with Gasteiger partial charge in [0.15, 0.2) is 0 Å². The summed E-state index contributed by atoms with van der Waals surface area (Å²) in [6.07, 6.45) is 4.90. The van der Waals surface area contributed by atoms with Crippen LogP contribution in [-0.4, -0.2) is 40.2 Å². The summed E-state index contributed by atoms with van der Waals surface area (Å²) in [7, 11) is 0. The molecule has 1 atom stereocenters. The maximum atomic E-state index is 12.8. The van der Waals surface area contributed by atoms with Gasteiger partial charge in [0, 0.05) is 35.9 Å². The molecule has 1 unspecified atom stereocenters. The second kappa shape index (κ2) is 6.98. The number of benzene rings is 1. The van der Waals surface area contributed by atoms with E-state index in [1.165, 1.54) is 0 Å². The smallest absolute Gasteiger partial charge is 0.274 e. The number of carbonyl (C=O) groups is 1. The Morgan fingerprint density at radius 1 is 1.32 bits per heavy atom.